The van der Waals surface area contributed by atoms with Crippen LogP contribution in [0.4, 0.5) is 0 Å². The van der Waals surface area contributed by atoms with Crippen molar-refractivity contribution in [3.63, 3.8) is 0 Å². The van der Waals surface area contributed by atoms with Crippen molar-refractivity contribution < 1.29 is 10.2 Å². The van der Waals surface area contributed by atoms with Gasteiger partial charge in [0.15, 0.2) is 0 Å². The number of aliphatic hydroxyl groups excluding tert-OH is 2. The molecule has 2 heteroatoms. The number of aliphatic hydroxyl groups is 2. The van der Waals surface area contributed by atoms with E-state index in [1.165, 1.54) is 56.1 Å². The van der Waals surface area contributed by atoms with Crippen molar-refractivity contribution in [3.05, 3.63) is 47.6 Å². The van der Waals surface area contributed by atoms with Gasteiger partial charge >= 0.3 is 0 Å². The molecule has 2 N–H and O–H groups in total. The second-order valence-electron chi connectivity index (χ2n) is 10.6. The molecule has 4 saturated carbocycles. The highest BCUT2D eigenvalue weighted by Crippen LogP contribution is 2.59. The van der Waals surface area contributed by atoms with Crippen LogP contribution < -0.4 is 0 Å². The topological polar surface area (TPSA) is 40.5 Å². The predicted molar refractivity (Wildman–Crippen MR) is 120 cm³/mol. The van der Waals surface area contributed by atoms with E-state index in [2.05, 4.69) is 44.7 Å². The lowest BCUT2D eigenvalue weighted by Crippen LogP contribution is -2.35. The summed E-state index contributed by atoms with van der Waals surface area (Å²) in [6.07, 6.45) is 20.0. The highest BCUT2D eigenvalue weighted by molar-refractivity contribution is 5.36. The lowest BCUT2D eigenvalue weighted by molar-refractivity contribution is 0.111. The van der Waals surface area contributed by atoms with Gasteiger partial charge in [0, 0.05) is 0 Å². The minimum atomic E-state index is -0.227. The van der Waals surface area contributed by atoms with E-state index in [1.807, 2.05) is 0 Å². The van der Waals surface area contributed by atoms with Crippen LogP contribution in [-0.2, 0) is 0 Å². The summed E-state index contributed by atoms with van der Waals surface area (Å²) in [6.45, 7) is 9.11. The van der Waals surface area contributed by atoms with Crippen LogP contribution in [-0.4, -0.2) is 22.4 Å². The minimum absolute atomic E-state index is 0.198. The van der Waals surface area contributed by atoms with Crippen molar-refractivity contribution in [1.82, 2.24) is 0 Å². The zero-order chi connectivity index (χ0) is 20.6. The maximum Gasteiger partial charge on any atom is 0.0749 e. The molecule has 4 fully saturated rings. The lowest BCUT2D eigenvalue weighted by atomic mass is 9.61. The van der Waals surface area contributed by atoms with Crippen molar-refractivity contribution >= 4 is 0 Å². The first-order valence-electron chi connectivity index (χ1n) is 12.0. The van der Waals surface area contributed by atoms with E-state index in [0.717, 1.165) is 19.3 Å². The van der Waals surface area contributed by atoms with Crippen molar-refractivity contribution in [2.24, 2.45) is 29.1 Å². The quantitative estimate of drug-likeness (QED) is 0.550. The molecule has 4 rings (SSSR count). The van der Waals surface area contributed by atoms with Gasteiger partial charge in [-0.2, -0.15) is 0 Å². The van der Waals surface area contributed by atoms with Crippen LogP contribution in [0.15, 0.2) is 47.6 Å². The summed E-state index contributed by atoms with van der Waals surface area (Å²) in [4.78, 5) is 0. The number of rotatable bonds is 5. The Kier molecular flexibility index (Phi) is 6.23. The predicted octanol–water partition coefficient (Wildman–Crippen LogP) is 6.12. The molecule has 0 amide bonds. The third kappa shape index (κ3) is 4.49. The molecule has 29 heavy (non-hydrogen) atoms. The molecule has 0 spiro atoms. The van der Waals surface area contributed by atoms with Crippen LogP contribution in [0.5, 0.6) is 0 Å². The molecule has 0 radical (unpaired) electrons. The summed E-state index contributed by atoms with van der Waals surface area (Å²) in [5.41, 5.74) is 4.46. The van der Waals surface area contributed by atoms with Crippen LogP contribution in [0.2, 0.25) is 0 Å². The third-order valence-electron chi connectivity index (χ3n) is 8.58. The molecule has 0 bridgehead atoms. The van der Waals surface area contributed by atoms with Crippen LogP contribution in [0, 0.1) is 29.1 Å². The Hall–Kier alpha value is -1.12. The van der Waals surface area contributed by atoms with Gasteiger partial charge in [-0.15, -0.1) is 0 Å². The molecule has 4 aliphatic rings. The molecular formula is C27H40O2. The van der Waals surface area contributed by atoms with Gasteiger partial charge in [0.05, 0.1) is 12.2 Å². The van der Waals surface area contributed by atoms with Crippen molar-refractivity contribution in [2.45, 2.75) is 90.3 Å². The number of fused-ring (bicyclic) bond motifs is 1. The van der Waals surface area contributed by atoms with Crippen LogP contribution in [0.1, 0.15) is 78.1 Å². The summed E-state index contributed by atoms with van der Waals surface area (Å²) in [5, 5.41) is 20.2. The molecule has 0 aromatic rings. The third-order valence-corrected chi connectivity index (χ3v) is 8.58. The van der Waals surface area contributed by atoms with Gasteiger partial charge in [0.25, 0.3) is 0 Å². The normalized spacial score (nSPS) is 40.6. The first-order valence-corrected chi connectivity index (χ1v) is 12.0. The van der Waals surface area contributed by atoms with Gasteiger partial charge in [0.1, 0.15) is 0 Å². The fourth-order valence-corrected chi connectivity index (χ4v) is 6.56. The summed E-state index contributed by atoms with van der Waals surface area (Å²) in [7, 11) is 0. The molecule has 0 heterocycles. The second-order valence-corrected chi connectivity index (χ2v) is 10.6. The lowest BCUT2D eigenvalue weighted by Gasteiger charge is -2.44. The molecule has 0 aromatic heterocycles. The first-order chi connectivity index (χ1) is 13.9. The Morgan fingerprint density at radius 3 is 2.62 bits per heavy atom. The van der Waals surface area contributed by atoms with Crippen molar-refractivity contribution in [3.8, 4) is 0 Å². The summed E-state index contributed by atoms with van der Waals surface area (Å²) in [6, 6.07) is 0. The Morgan fingerprint density at radius 1 is 1.07 bits per heavy atom. The Labute approximate surface area is 177 Å². The summed E-state index contributed by atoms with van der Waals surface area (Å²) in [5.74, 6) is 2.45. The van der Waals surface area contributed by atoms with Gasteiger partial charge in [-0.3, -0.25) is 0 Å². The number of allylic oxidation sites excluding steroid dienone is 5. The molecule has 4 aliphatic carbocycles. The average molecular weight is 397 g/mol. The molecule has 0 aromatic carbocycles. The van der Waals surface area contributed by atoms with E-state index in [0.29, 0.717) is 29.1 Å². The zero-order valence-corrected chi connectivity index (χ0v) is 18.4. The van der Waals surface area contributed by atoms with Crippen LogP contribution >= 0.6 is 0 Å². The highest BCUT2D eigenvalue weighted by Gasteiger charge is 2.50. The monoisotopic (exact) mass is 396 g/mol. The molecule has 0 aliphatic heterocycles. The number of hydrogen-bond donors (Lipinski definition) is 2. The smallest absolute Gasteiger partial charge is 0.0749 e. The molecule has 2 nitrogen and oxygen atoms in total. The van der Waals surface area contributed by atoms with Crippen LogP contribution in [0.25, 0.3) is 0 Å². The summed E-state index contributed by atoms with van der Waals surface area (Å²) < 4.78 is 0. The van der Waals surface area contributed by atoms with Crippen molar-refractivity contribution in [1.29, 1.82) is 0 Å². The average Bonchev–Trinajstić information content (AvgIpc) is 3.48. The van der Waals surface area contributed by atoms with Gasteiger partial charge in [-0.05, 0) is 98.9 Å². The minimum Gasteiger partial charge on any atom is -0.393 e. The zero-order valence-electron chi connectivity index (χ0n) is 18.4. The Balaban J connectivity index is 1.47. The van der Waals surface area contributed by atoms with Gasteiger partial charge in [0.2, 0.25) is 0 Å². The molecule has 160 valence electrons. The van der Waals surface area contributed by atoms with Crippen LogP contribution in [0.3, 0.4) is 0 Å². The second kappa shape index (κ2) is 8.55. The van der Waals surface area contributed by atoms with E-state index in [-0.39, 0.29) is 12.2 Å². The molecule has 0 saturated heterocycles. The fourth-order valence-electron chi connectivity index (χ4n) is 6.56. The van der Waals surface area contributed by atoms with Gasteiger partial charge in [-0.1, -0.05) is 55.9 Å². The molecule has 6 unspecified atom stereocenters. The van der Waals surface area contributed by atoms with Gasteiger partial charge in [-0.25, -0.2) is 0 Å². The van der Waals surface area contributed by atoms with Gasteiger partial charge < -0.3 is 10.2 Å². The molecule has 6 atom stereocenters. The number of hydrogen-bond acceptors (Lipinski definition) is 2. The van der Waals surface area contributed by atoms with E-state index in [9.17, 15) is 10.2 Å². The highest BCUT2D eigenvalue weighted by atomic mass is 16.3. The Morgan fingerprint density at radius 2 is 1.86 bits per heavy atom. The van der Waals surface area contributed by atoms with E-state index in [4.69, 9.17) is 0 Å². The van der Waals surface area contributed by atoms with E-state index >= 15 is 0 Å². The van der Waals surface area contributed by atoms with Crippen molar-refractivity contribution in [2.75, 3.05) is 0 Å². The maximum absolute atomic E-state index is 10.2. The Bertz CT molecular complexity index is 710. The maximum atomic E-state index is 10.2. The standard InChI is InChI=1S/C27H40O2/c1-18-6-12-23(28)17-22(18)11-8-20-5-4-16-27(3)24(13-14-25(20)27)19(2)7-15-26(29)21-9-10-21/h7-8,11,15,19,21,23-26,28-29H,1,4-6,9-10,12-14,16-17H2,2-3H3. The SMILES string of the molecule is C=C1CCC(O)CC1=CC=C1CCCC2(C)C1CCC2C(C)C=CC(O)C1CC1. The summed E-state index contributed by atoms with van der Waals surface area (Å²) >= 11 is 0. The fraction of sp³-hybridized carbons (Fsp3) is 0.704. The van der Waals surface area contributed by atoms with E-state index < -0.39 is 0 Å². The first kappa shape index (κ1) is 21.1. The largest absolute Gasteiger partial charge is 0.393 e. The molecular weight excluding hydrogens is 356 g/mol. The van der Waals surface area contributed by atoms with E-state index in [1.54, 1.807) is 5.57 Å².